The minimum absolute atomic E-state index is 0.125. The van der Waals surface area contributed by atoms with Crippen molar-refractivity contribution in [3.05, 3.63) is 65.3 Å². The molecule has 0 atom stereocenters. The molecule has 0 saturated carbocycles. The van der Waals surface area contributed by atoms with Gasteiger partial charge in [-0.05, 0) is 48.9 Å². The van der Waals surface area contributed by atoms with Crippen LogP contribution in [0.2, 0.25) is 5.02 Å². The van der Waals surface area contributed by atoms with E-state index >= 15 is 0 Å². The number of aromatic nitrogens is 3. The summed E-state index contributed by atoms with van der Waals surface area (Å²) < 4.78 is 26.9. The zero-order valence-corrected chi connectivity index (χ0v) is 16.6. The lowest BCUT2D eigenvalue weighted by atomic mass is 10.3. The summed E-state index contributed by atoms with van der Waals surface area (Å²) in [4.78, 5) is 4.37. The average molecular weight is 419 g/mol. The Hall–Kier alpha value is -2.75. The van der Waals surface area contributed by atoms with Crippen LogP contribution in [0.5, 0.6) is 0 Å². The van der Waals surface area contributed by atoms with Crippen molar-refractivity contribution < 1.29 is 8.42 Å². The van der Waals surface area contributed by atoms with Crippen molar-refractivity contribution in [1.29, 1.82) is 0 Å². The van der Waals surface area contributed by atoms with E-state index < -0.39 is 10.0 Å². The molecule has 0 aliphatic rings. The standard InChI is InChI=1S/C18H19ClN6O2S/c1-13-5-6-16(21-12-13)23-18-8-7-17(24-25-18)20-9-10-22-28(26,27)15-4-2-3-14(19)11-15/h2-8,11-12,22H,9-10H2,1H3,(H,20,24)(H,21,23,25). The van der Waals surface area contributed by atoms with Crippen LogP contribution in [-0.2, 0) is 10.0 Å². The van der Waals surface area contributed by atoms with Gasteiger partial charge in [0.05, 0.1) is 4.90 Å². The third kappa shape index (κ3) is 5.62. The van der Waals surface area contributed by atoms with Gasteiger partial charge in [-0.25, -0.2) is 18.1 Å². The van der Waals surface area contributed by atoms with E-state index in [-0.39, 0.29) is 11.4 Å². The molecule has 0 spiro atoms. The maximum atomic E-state index is 12.2. The summed E-state index contributed by atoms with van der Waals surface area (Å²) in [6.07, 6.45) is 1.76. The molecule has 8 nitrogen and oxygen atoms in total. The summed E-state index contributed by atoms with van der Waals surface area (Å²) in [7, 11) is -3.61. The number of rotatable bonds is 8. The van der Waals surface area contributed by atoms with Gasteiger partial charge in [-0.15, -0.1) is 10.2 Å². The highest BCUT2D eigenvalue weighted by molar-refractivity contribution is 7.89. The lowest BCUT2D eigenvalue weighted by molar-refractivity contribution is 0.583. The molecule has 2 heterocycles. The second kappa shape index (κ2) is 8.96. The predicted octanol–water partition coefficient (Wildman–Crippen LogP) is 2.97. The van der Waals surface area contributed by atoms with E-state index in [1.165, 1.54) is 12.1 Å². The Kier molecular flexibility index (Phi) is 6.40. The SMILES string of the molecule is Cc1ccc(Nc2ccc(NCCNS(=O)(=O)c3cccc(Cl)c3)nn2)nc1. The lowest BCUT2D eigenvalue weighted by Crippen LogP contribution is -2.29. The van der Waals surface area contributed by atoms with Crippen LogP contribution in [0.15, 0.2) is 59.6 Å². The molecule has 0 fully saturated rings. The van der Waals surface area contributed by atoms with E-state index in [0.29, 0.717) is 29.0 Å². The Morgan fingerprint density at radius 2 is 1.71 bits per heavy atom. The summed E-state index contributed by atoms with van der Waals surface area (Å²) in [5.41, 5.74) is 1.07. The van der Waals surface area contributed by atoms with Gasteiger partial charge in [-0.3, -0.25) is 0 Å². The molecule has 0 saturated heterocycles. The summed E-state index contributed by atoms with van der Waals surface area (Å²) in [6, 6.07) is 13.4. The van der Waals surface area contributed by atoms with E-state index in [0.717, 1.165) is 5.56 Å². The van der Waals surface area contributed by atoms with Crippen LogP contribution in [0, 0.1) is 6.92 Å². The van der Waals surface area contributed by atoms with Crippen molar-refractivity contribution >= 4 is 39.1 Å². The molecule has 28 heavy (non-hydrogen) atoms. The molecular weight excluding hydrogens is 400 g/mol. The first-order valence-corrected chi connectivity index (χ1v) is 10.3. The van der Waals surface area contributed by atoms with E-state index in [4.69, 9.17) is 11.6 Å². The zero-order valence-electron chi connectivity index (χ0n) is 15.1. The third-order valence-electron chi connectivity index (χ3n) is 3.66. The fourth-order valence-electron chi connectivity index (χ4n) is 2.26. The van der Waals surface area contributed by atoms with Gasteiger partial charge < -0.3 is 10.6 Å². The van der Waals surface area contributed by atoms with Crippen molar-refractivity contribution in [1.82, 2.24) is 19.9 Å². The third-order valence-corrected chi connectivity index (χ3v) is 5.36. The van der Waals surface area contributed by atoms with Crippen LogP contribution in [0.4, 0.5) is 17.5 Å². The van der Waals surface area contributed by atoms with Crippen molar-refractivity contribution in [2.45, 2.75) is 11.8 Å². The van der Waals surface area contributed by atoms with Gasteiger partial charge in [0.25, 0.3) is 0 Å². The maximum Gasteiger partial charge on any atom is 0.240 e. The number of nitrogens with one attached hydrogen (secondary N) is 3. The van der Waals surface area contributed by atoms with E-state index in [9.17, 15) is 8.42 Å². The molecular formula is C18H19ClN6O2S. The number of aryl methyl sites for hydroxylation is 1. The lowest BCUT2D eigenvalue weighted by Gasteiger charge is -2.09. The molecule has 3 rings (SSSR count). The van der Waals surface area contributed by atoms with Gasteiger partial charge in [0.2, 0.25) is 10.0 Å². The van der Waals surface area contributed by atoms with Crippen molar-refractivity contribution in [3.63, 3.8) is 0 Å². The number of pyridine rings is 1. The van der Waals surface area contributed by atoms with Gasteiger partial charge in [-0.1, -0.05) is 23.7 Å². The van der Waals surface area contributed by atoms with Crippen LogP contribution in [-0.4, -0.2) is 36.7 Å². The molecule has 3 N–H and O–H groups in total. The topological polar surface area (TPSA) is 109 Å². The van der Waals surface area contributed by atoms with Gasteiger partial charge in [0.15, 0.2) is 5.82 Å². The number of nitrogens with zero attached hydrogens (tertiary/aromatic N) is 3. The Balaban J connectivity index is 1.48. The van der Waals surface area contributed by atoms with Gasteiger partial charge >= 0.3 is 0 Å². The molecule has 0 aliphatic carbocycles. The van der Waals surface area contributed by atoms with Gasteiger partial charge in [-0.2, -0.15) is 0 Å². The molecule has 1 aromatic carbocycles. The monoisotopic (exact) mass is 418 g/mol. The molecule has 10 heteroatoms. The first-order valence-electron chi connectivity index (χ1n) is 8.45. The van der Waals surface area contributed by atoms with E-state index in [1.807, 2.05) is 19.1 Å². The summed E-state index contributed by atoms with van der Waals surface area (Å²) in [5, 5.41) is 14.5. The minimum Gasteiger partial charge on any atom is -0.367 e. The van der Waals surface area contributed by atoms with Crippen LogP contribution in [0.25, 0.3) is 0 Å². The van der Waals surface area contributed by atoms with E-state index in [2.05, 4.69) is 30.5 Å². The second-order valence-electron chi connectivity index (χ2n) is 5.93. The van der Waals surface area contributed by atoms with Gasteiger partial charge in [0.1, 0.15) is 11.6 Å². The van der Waals surface area contributed by atoms with Crippen molar-refractivity contribution in [2.24, 2.45) is 0 Å². The Bertz CT molecular complexity index is 1030. The number of hydrogen-bond donors (Lipinski definition) is 3. The maximum absolute atomic E-state index is 12.2. The van der Waals surface area contributed by atoms with E-state index in [1.54, 1.807) is 30.5 Å². The molecule has 0 radical (unpaired) electrons. The average Bonchev–Trinajstić information content (AvgIpc) is 2.68. The van der Waals surface area contributed by atoms with Crippen molar-refractivity contribution in [2.75, 3.05) is 23.7 Å². The van der Waals surface area contributed by atoms with Gasteiger partial charge in [0, 0.05) is 24.3 Å². The zero-order chi connectivity index (χ0) is 20.0. The number of sulfonamides is 1. The van der Waals surface area contributed by atoms with Crippen molar-refractivity contribution in [3.8, 4) is 0 Å². The van der Waals surface area contributed by atoms with Crippen LogP contribution in [0.1, 0.15) is 5.56 Å². The number of benzene rings is 1. The highest BCUT2D eigenvalue weighted by atomic mass is 35.5. The largest absolute Gasteiger partial charge is 0.367 e. The van der Waals surface area contributed by atoms with Crippen LogP contribution < -0.4 is 15.4 Å². The molecule has 3 aromatic rings. The predicted molar refractivity (Wildman–Crippen MR) is 109 cm³/mol. The Labute approximate surface area is 168 Å². The minimum atomic E-state index is -3.61. The number of hydrogen-bond acceptors (Lipinski definition) is 7. The van der Waals surface area contributed by atoms with Crippen LogP contribution >= 0.6 is 11.6 Å². The molecule has 0 amide bonds. The second-order valence-corrected chi connectivity index (χ2v) is 8.13. The smallest absolute Gasteiger partial charge is 0.240 e. The summed E-state index contributed by atoms with van der Waals surface area (Å²) >= 11 is 5.83. The first kappa shape index (κ1) is 20.0. The quantitative estimate of drug-likeness (QED) is 0.482. The highest BCUT2D eigenvalue weighted by Crippen LogP contribution is 2.15. The molecule has 146 valence electrons. The highest BCUT2D eigenvalue weighted by Gasteiger charge is 2.13. The van der Waals surface area contributed by atoms with Crippen LogP contribution in [0.3, 0.4) is 0 Å². The Morgan fingerprint density at radius 3 is 2.39 bits per heavy atom. The summed E-state index contributed by atoms with van der Waals surface area (Å²) in [5.74, 6) is 1.77. The molecule has 0 aliphatic heterocycles. The Morgan fingerprint density at radius 1 is 0.964 bits per heavy atom. The number of anilines is 3. The molecule has 0 bridgehead atoms. The fourth-order valence-corrected chi connectivity index (χ4v) is 3.59. The molecule has 0 unspecified atom stereocenters. The fraction of sp³-hybridized carbons (Fsp3) is 0.167. The summed E-state index contributed by atoms with van der Waals surface area (Å²) in [6.45, 7) is 2.50. The molecule has 2 aromatic heterocycles. The normalized spacial score (nSPS) is 11.2. The first-order chi connectivity index (χ1) is 13.4. The number of halogens is 1.